The molecule has 1 N–H and O–H groups in total. The Hall–Kier alpha value is -3.10. The summed E-state index contributed by atoms with van der Waals surface area (Å²) < 4.78 is 18.7. The summed E-state index contributed by atoms with van der Waals surface area (Å²) in [6.07, 6.45) is 0. The van der Waals surface area contributed by atoms with E-state index in [1.165, 1.54) is 6.07 Å². The zero-order valence-corrected chi connectivity index (χ0v) is 14.6. The number of hydrogen-bond acceptors (Lipinski definition) is 3. The van der Waals surface area contributed by atoms with Crippen molar-refractivity contribution in [1.82, 2.24) is 10.5 Å². The molecule has 0 bridgehead atoms. The molecule has 0 atom stereocenters. The van der Waals surface area contributed by atoms with E-state index >= 15 is 0 Å². The van der Waals surface area contributed by atoms with E-state index in [1.54, 1.807) is 49.4 Å². The van der Waals surface area contributed by atoms with Crippen LogP contribution in [0.25, 0.3) is 11.3 Å². The molecular formula is C20H14ClFN2O2. The number of nitrogens with zero attached hydrogens (tertiary/aromatic N) is 1. The molecule has 6 heteroatoms. The van der Waals surface area contributed by atoms with Gasteiger partial charge in [-0.2, -0.15) is 0 Å². The lowest BCUT2D eigenvalue weighted by Crippen LogP contribution is -2.24. The van der Waals surface area contributed by atoms with Crippen LogP contribution in [0.4, 0.5) is 4.39 Å². The van der Waals surface area contributed by atoms with Gasteiger partial charge in [0.1, 0.15) is 22.8 Å². The van der Waals surface area contributed by atoms with E-state index in [-0.39, 0.29) is 18.0 Å². The van der Waals surface area contributed by atoms with Crippen LogP contribution in [-0.4, -0.2) is 17.6 Å². The van der Waals surface area contributed by atoms with Gasteiger partial charge in [-0.3, -0.25) is 4.79 Å². The molecule has 130 valence electrons. The van der Waals surface area contributed by atoms with Crippen LogP contribution in [0.2, 0.25) is 5.02 Å². The monoisotopic (exact) mass is 368 g/mol. The molecule has 0 fully saturated rings. The number of aryl methyl sites for hydroxylation is 1. The molecule has 0 aliphatic rings. The molecule has 0 aliphatic heterocycles. The first-order valence-electron chi connectivity index (χ1n) is 7.80. The van der Waals surface area contributed by atoms with Crippen LogP contribution in [0, 0.1) is 24.6 Å². The summed E-state index contributed by atoms with van der Waals surface area (Å²) in [4.78, 5) is 12.5. The topological polar surface area (TPSA) is 55.1 Å². The maximum Gasteiger partial charge on any atom is 0.257 e. The summed E-state index contributed by atoms with van der Waals surface area (Å²) in [6.45, 7) is 1.70. The highest BCUT2D eigenvalue weighted by atomic mass is 35.5. The molecular weight excluding hydrogens is 355 g/mol. The van der Waals surface area contributed by atoms with Gasteiger partial charge in [0, 0.05) is 5.56 Å². The van der Waals surface area contributed by atoms with Gasteiger partial charge in [-0.25, -0.2) is 4.39 Å². The van der Waals surface area contributed by atoms with Gasteiger partial charge in [0.05, 0.1) is 17.1 Å². The van der Waals surface area contributed by atoms with Crippen molar-refractivity contribution in [1.29, 1.82) is 0 Å². The summed E-state index contributed by atoms with van der Waals surface area (Å²) in [5.74, 6) is 5.00. The zero-order valence-electron chi connectivity index (χ0n) is 13.8. The Balaban J connectivity index is 1.77. The Morgan fingerprint density at radius 3 is 2.73 bits per heavy atom. The van der Waals surface area contributed by atoms with E-state index in [4.69, 9.17) is 16.1 Å². The maximum absolute atomic E-state index is 13.5. The number of carbonyl (C=O) groups excluding carboxylic acids is 1. The van der Waals surface area contributed by atoms with Crippen LogP contribution in [0.1, 0.15) is 21.7 Å². The normalized spacial score (nSPS) is 10.1. The van der Waals surface area contributed by atoms with Crippen LogP contribution >= 0.6 is 11.6 Å². The van der Waals surface area contributed by atoms with Crippen molar-refractivity contribution in [3.05, 3.63) is 76.3 Å². The van der Waals surface area contributed by atoms with Gasteiger partial charge in [-0.15, -0.1) is 0 Å². The van der Waals surface area contributed by atoms with Crippen molar-refractivity contribution in [2.24, 2.45) is 0 Å². The highest BCUT2D eigenvalue weighted by molar-refractivity contribution is 6.33. The highest BCUT2D eigenvalue weighted by Crippen LogP contribution is 2.30. The average Bonchev–Trinajstić information content (AvgIpc) is 3.02. The van der Waals surface area contributed by atoms with Gasteiger partial charge in [-0.05, 0) is 25.1 Å². The van der Waals surface area contributed by atoms with Crippen LogP contribution < -0.4 is 5.32 Å². The molecule has 26 heavy (non-hydrogen) atoms. The highest BCUT2D eigenvalue weighted by Gasteiger charge is 2.22. The van der Waals surface area contributed by atoms with Crippen molar-refractivity contribution in [2.45, 2.75) is 6.92 Å². The number of nitrogens with one attached hydrogen (secondary N) is 1. The van der Waals surface area contributed by atoms with Crippen LogP contribution in [0.15, 0.2) is 53.1 Å². The van der Waals surface area contributed by atoms with Crippen LogP contribution in [-0.2, 0) is 0 Å². The third-order valence-corrected chi connectivity index (χ3v) is 3.98. The molecule has 3 rings (SSSR count). The lowest BCUT2D eigenvalue weighted by Gasteiger charge is -2.04. The smallest absolute Gasteiger partial charge is 0.257 e. The number of aromatic nitrogens is 1. The third-order valence-electron chi connectivity index (χ3n) is 3.65. The van der Waals surface area contributed by atoms with Gasteiger partial charge in [0.25, 0.3) is 5.91 Å². The zero-order chi connectivity index (χ0) is 18.5. The molecule has 2 aromatic carbocycles. The minimum absolute atomic E-state index is 0.0553. The number of hydrogen-bond donors (Lipinski definition) is 1. The van der Waals surface area contributed by atoms with Crippen molar-refractivity contribution in [3.63, 3.8) is 0 Å². The lowest BCUT2D eigenvalue weighted by atomic mass is 10.1. The SMILES string of the molecule is Cc1onc(-c2ccccc2Cl)c1C(=O)NCC#Cc1ccccc1F. The number of carbonyl (C=O) groups is 1. The molecule has 4 nitrogen and oxygen atoms in total. The summed E-state index contributed by atoms with van der Waals surface area (Å²) in [6, 6.07) is 13.2. The molecule has 0 aliphatic carbocycles. The third kappa shape index (κ3) is 3.76. The molecule has 0 unspecified atom stereocenters. The summed E-state index contributed by atoms with van der Waals surface area (Å²) >= 11 is 6.18. The number of rotatable bonds is 3. The first-order valence-corrected chi connectivity index (χ1v) is 8.18. The first-order chi connectivity index (χ1) is 12.6. The number of halogens is 2. The quantitative estimate of drug-likeness (QED) is 0.704. The van der Waals surface area contributed by atoms with Crippen molar-refractivity contribution in [2.75, 3.05) is 6.54 Å². The Morgan fingerprint density at radius 1 is 1.23 bits per heavy atom. The summed E-state index contributed by atoms with van der Waals surface area (Å²) in [7, 11) is 0. The molecule has 3 aromatic rings. The molecule has 0 radical (unpaired) electrons. The number of amides is 1. The molecule has 0 saturated carbocycles. The van der Waals surface area contributed by atoms with E-state index in [2.05, 4.69) is 22.3 Å². The fourth-order valence-corrected chi connectivity index (χ4v) is 2.62. The molecule has 1 heterocycles. The van der Waals surface area contributed by atoms with Gasteiger partial charge in [0.2, 0.25) is 0 Å². The van der Waals surface area contributed by atoms with Gasteiger partial charge in [-0.1, -0.05) is 58.9 Å². The fourth-order valence-electron chi connectivity index (χ4n) is 2.39. The van der Waals surface area contributed by atoms with Crippen LogP contribution in [0.5, 0.6) is 0 Å². The van der Waals surface area contributed by atoms with E-state index < -0.39 is 5.82 Å². The molecule has 1 aromatic heterocycles. The Labute approximate surface area is 155 Å². The fraction of sp³-hybridized carbons (Fsp3) is 0.100. The molecule has 0 spiro atoms. The Bertz CT molecular complexity index is 1020. The lowest BCUT2D eigenvalue weighted by molar-refractivity contribution is 0.0957. The Morgan fingerprint density at radius 2 is 1.96 bits per heavy atom. The second kappa shape index (κ2) is 7.85. The van der Waals surface area contributed by atoms with E-state index in [9.17, 15) is 9.18 Å². The van der Waals surface area contributed by atoms with Crippen LogP contribution in [0.3, 0.4) is 0 Å². The summed E-state index contributed by atoms with van der Waals surface area (Å²) in [5, 5.41) is 7.08. The van der Waals surface area contributed by atoms with E-state index in [1.807, 2.05) is 0 Å². The first kappa shape index (κ1) is 17.7. The Kier molecular flexibility index (Phi) is 5.35. The predicted octanol–water partition coefficient (Wildman–Crippen LogP) is 4.22. The second-order valence-electron chi connectivity index (χ2n) is 5.41. The largest absolute Gasteiger partial charge is 0.360 e. The maximum atomic E-state index is 13.5. The number of benzene rings is 2. The minimum atomic E-state index is -0.401. The van der Waals surface area contributed by atoms with E-state index in [0.29, 0.717) is 27.6 Å². The minimum Gasteiger partial charge on any atom is -0.360 e. The van der Waals surface area contributed by atoms with Gasteiger partial charge < -0.3 is 9.84 Å². The average molecular weight is 369 g/mol. The van der Waals surface area contributed by atoms with Gasteiger partial charge in [0.15, 0.2) is 0 Å². The summed E-state index contributed by atoms with van der Waals surface area (Å²) in [5.41, 5.74) is 1.55. The van der Waals surface area contributed by atoms with E-state index in [0.717, 1.165) is 0 Å². The van der Waals surface area contributed by atoms with Crippen molar-refractivity contribution in [3.8, 4) is 23.1 Å². The second-order valence-corrected chi connectivity index (χ2v) is 5.81. The van der Waals surface area contributed by atoms with Crippen molar-refractivity contribution >= 4 is 17.5 Å². The van der Waals surface area contributed by atoms with Gasteiger partial charge >= 0.3 is 0 Å². The predicted molar refractivity (Wildman–Crippen MR) is 97.3 cm³/mol. The molecule has 0 saturated heterocycles. The molecule has 1 amide bonds. The van der Waals surface area contributed by atoms with Crippen molar-refractivity contribution < 1.29 is 13.7 Å². The standard InChI is InChI=1S/C20H14ClFN2O2/c1-13-18(19(24-26-13)15-9-3-4-10-16(15)21)20(25)23-12-6-8-14-7-2-5-11-17(14)22/h2-5,7,9-11H,12H2,1H3,(H,23,25).